The van der Waals surface area contributed by atoms with Gasteiger partial charge in [-0.3, -0.25) is 0 Å². The Labute approximate surface area is 79.2 Å². The molecule has 1 rings (SSSR count). The fourth-order valence-corrected chi connectivity index (χ4v) is 1.06. The summed E-state index contributed by atoms with van der Waals surface area (Å²) in [4.78, 5) is 0. The maximum atomic E-state index is 13.1. The van der Waals surface area contributed by atoms with Gasteiger partial charge < -0.3 is 10.8 Å². The third kappa shape index (κ3) is 1.88. The molecule has 0 radical (unpaired) electrons. The van der Waals surface area contributed by atoms with Crippen molar-refractivity contribution in [3.63, 3.8) is 0 Å². The summed E-state index contributed by atoms with van der Waals surface area (Å²) in [5.74, 6) is -4.19. The molecule has 2 nitrogen and oxygen atoms in total. The Hall–Kier alpha value is -1.07. The Morgan fingerprint density at radius 1 is 1.21 bits per heavy atom. The number of nitrogens with two attached hydrogens (primary N) is 1. The van der Waals surface area contributed by atoms with Gasteiger partial charge in [-0.15, -0.1) is 0 Å². The van der Waals surface area contributed by atoms with Crippen LogP contribution in [0.15, 0.2) is 12.1 Å². The van der Waals surface area contributed by atoms with Crippen LogP contribution in [0.1, 0.15) is 18.5 Å². The Morgan fingerprint density at radius 2 is 1.79 bits per heavy atom. The molecule has 5 heteroatoms. The summed E-state index contributed by atoms with van der Waals surface area (Å²) in [6, 6.07) is 0.728. The van der Waals surface area contributed by atoms with Gasteiger partial charge in [-0.05, 0) is 13.0 Å². The molecule has 0 aliphatic carbocycles. The van der Waals surface area contributed by atoms with Crippen LogP contribution in [0, 0.1) is 17.5 Å². The molecule has 1 aromatic carbocycles. The summed E-state index contributed by atoms with van der Waals surface area (Å²) in [5, 5.41) is 9.05. The molecule has 0 aromatic heterocycles. The summed E-state index contributed by atoms with van der Waals surface area (Å²) in [7, 11) is 0. The van der Waals surface area contributed by atoms with Crippen molar-refractivity contribution in [3.8, 4) is 0 Å². The first-order valence-corrected chi connectivity index (χ1v) is 4.02. The van der Waals surface area contributed by atoms with Gasteiger partial charge in [-0.2, -0.15) is 0 Å². The van der Waals surface area contributed by atoms with E-state index in [0.717, 1.165) is 12.1 Å². The lowest BCUT2D eigenvalue weighted by atomic mass is 10.0. The van der Waals surface area contributed by atoms with E-state index in [1.54, 1.807) is 0 Å². The van der Waals surface area contributed by atoms with Crippen molar-refractivity contribution in [2.45, 2.75) is 19.1 Å². The lowest BCUT2D eigenvalue weighted by Gasteiger charge is -2.15. The highest BCUT2D eigenvalue weighted by atomic mass is 19.2. The van der Waals surface area contributed by atoms with E-state index in [9.17, 15) is 13.2 Å². The highest BCUT2D eigenvalue weighted by molar-refractivity contribution is 5.24. The maximum absolute atomic E-state index is 13.1. The van der Waals surface area contributed by atoms with E-state index in [4.69, 9.17) is 10.8 Å². The van der Waals surface area contributed by atoms with Gasteiger partial charge in [0.25, 0.3) is 0 Å². The molecule has 0 heterocycles. The van der Waals surface area contributed by atoms with Crippen LogP contribution in [0.25, 0.3) is 0 Å². The lowest BCUT2D eigenvalue weighted by Crippen LogP contribution is -2.24. The highest BCUT2D eigenvalue weighted by Gasteiger charge is 2.20. The predicted octanol–water partition coefficient (Wildman–Crippen LogP) is 1.48. The van der Waals surface area contributed by atoms with Crippen molar-refractivity contribution in [2.24, 2.45) is 5.73 Å². The van der Waals surface area contributed by atoms with Crippen LogP contribution in [0.5, 0.6) is 0 Å². The van der Waals surface area contributed by atoms with Crippen molar-refractivity contribution in [2.75, 3.05) is 0 Å². The van der Waals surface area contributed by atoms with E-state index in [1.807, 2.05) is 0 Å². The maximum Gasteiger partial charge on any atom is 0.194 e. The van der Waals surface area contributed by atoms with Gasteiger partial charge in [0.2, 0.25) is 0 Å². The minimum absolute atomic E-state index is 0.237. The molecule has 2 atom stereocenters. The third-order valence-corrected chi connectivity index (χ3v) is 1.94. The van der Waals surface area contributed by atoms with Crippen molar-refractivity contribution < 1.29 is 18.3 Å². The molecule has 0 saturated carbocycles. The van der Waals surface area contributed by atoms with Crippen LogP contribution in [-0.4, -0.2) is 11.2 Å². The lowest BCUT2D eigenvalue weighted by molar-refractivity contribution is 0.162. The number of aliphatic hydroxyl groups is 1. The van der Waals surface area contributed by atoms with Crippen LogP contribution < -0.4 is 5.73 Å². The normalized spacial score (nSPS) is 15.3. The monoisotopic (exact) mass is 205 g/mol. The zero-order valence-corrected chi connectivity index (χ0v) is 7.47. The molecule has 3 N–H and O–H groups in total. The largest absolute Gasteiger partial charge is 0.391 e. The SMILES string of the molecule is CC(O)C(N)c1ccc(F)c(F)c1F. The van der Waals surface area contributed by atoms with Crippen LogP contribution in [0.4, 0.5) is 13.2 Å². The summed E-state index contributed by atoms with van der Waals surface area (Å²) in [5.41, 5.74) is 5.14. The van der Waals surface area contributed by atoms with E-state index < -0.39 is 29.6 Å². The van der Waals surface area contributed by atoms with Crippen molar-refractivity contribution >= 4 is 0 Å². The molecule has 0 aliphatic heterocycles. The summed E-state index contributed by atoms with van der Waals surface area (Å²) in [6.07, 6.45) is -1.03. The van der Waals surface area contributed by atoms with Gasteiger partial charge in [-0.1, -0.05) is 6.07 Å². The molecular weight excluding hydrogens is 195 g/mol. The molecule has 0 fully saturated rings. The molecule has 0 amide bonds. The second-order valence-electron chi connectivity index (χ2n) is 3.03. The topological polar surface area (TPSA) is 46.2 Å². The number of halogens is 3. The Bertz CT molecular complexity index is 341. The van der Waals surface area contributed by atoms with Gasteiger partial charge in [0.1, 0.15) is 0 Å². The van der Waals surface area contributed by atoms with Gasteiger partial charge in [0.05, 0.1) is 12.1 Å². The molecule has 14 heavy (non-hydrogen) atoms. The second-order valence-corrected chi connectivity index (χ2v) is 3.03. The van der Waals surface area contributed by atoms with E-state index in [2.05, 4.69) is 0 Å². The molecule has 0 saturated heterocycles. The Balaban J connectivity index is 3.17. The standard InChI is InChI=1S/C9H10F3NO/c1-4(14)9(13)5-2-3-6(10)8(12)7(5)11/h2-4,9,14H,13H2,1H3. The quantitative estimate of drug-likeness (QED) is 0.718. The summed E-state index contributed by atoms with van der Waals surface area (Å²) in [6.45, 7) is 1.34. The predicted molar refractivity (Wildman–Crippen MR) is 44.9 cm³/mol. The van der Waals surface area contributed by atoms with Gasteiger partial charge in [0, 0.05) is 5.56 Å². The van der Waals surface area contributed by atoms with E-state index in [-0.39, 0.29) is 5.56 Å². The second kappa shape index (κ2) is 3.98. The molecular formula is C9H10F3NO. The zero-order valence-electron chi connectivity index (χ0n) is 7.47. The number of hydrogen-bond donors (Lipinski definition) is 2. The van der Waals surface area contributed by atoms with Crippen LogP contribution in [0.3, 0.4) is 0 Å². The average molecular weight is 205 g/mol. The van der Waals surface area contributed by atoms with Crippen LogP contribution in [0.2, 0.25) is 0 Å². The first kappa shape index (κ1) is 11.0. The minimum atomic E-state index is -1.57. The third-order valence-electron chi connectivity index (χ3n) is 1.94. The highest BCUT2D eigenvalue weighted by Crippen LogP contribution is 2.21. The van der Waals surface area contributed by atoms with Gasteiger partial charge in [-0.25, -0.2) is 13.2 Å². The summed E-state index contributed by atoms with van der Waals surface area (Å²) >= 11 is 0. The number of rotatable bonds is 2. The Morgan fingerprint density at radius 3 is 2.29 bits per heavy atom. The Kier molecular flexibility index (Phi) is 3.13. The van der Waals surface area contributed by atoms with Gasteiger partial charge in [0.15, 0.2) is 17.5 Å². The molecule has 0 aliphatic rings. The van der Waals surface area contributed by atoms with Crippen LogP contribution >= 0.6 is 0 Å². The first-order chi connectivity index (χ1) is 6.45. The average Bonchev–Trinajstić information content (AvgIpc) is 2.13. The summed E-state index contributed by atoms with van der Waals surface area (Å²) < 4.78 is 38.3. The fraction of sp³-hybridized carbons (Fsp3) is 0.333. The van der Waals surface area contributed by atoms with Crippen molar-refractivity contribution in [1.82, 2.24) is 0 Å². The number of aliphatic hydroxyl groups excluding tert-OH is 1. The molecule has 2 unspecified atom stereocenters. The smallest absolute Gasteiger partial charge is 0.194 e. The molecule has 1 aromatic rings. The number of benzene rings is 1. The van der Waals surface area contributed by atoms with E-state index in [0.29, 0.717) is 0 Å². The fourth-order valence-electron chi connectivity index (χ4n) is 1.06. The molecule has 78 valence electrons. The molecule has 0 bridgehead atoms. The van der Waals surface area contributed by atoms with Gasteiger partial charge >= 0.3 is 0 Å². The van der Waals surface area contributed by atoms with Crippen LogP contribution in [-0.2, 0) is 0 Å². The van der Waals surface area contributed by atoms with E-state index in [1.165, 1.54) is 6.92 Å². The van der Waals surface area contributed by atoms with E-state index >= 15 is 0 Å². The molecule has 0 spiro atoms. The van der Waals surface area contributed by atoms with Crippen molar-refractivity contribution in [1.29, 1.82) is 0 Å². The first-order valence-electron chi connectivity index (χ1n) is 4.02. The zero-order chi connectivity index (χ0) is 10.9. The number of hydrogen-bond acceptors (Lipinski definition) is 2. The minimum Gasteiger partial charge on any atom is -0.391 e. The van der Waals surface area contributed by atoms with Crippen molar-refractivity contribution in [3.05, 3.63) is 35.1 Å².